The Morgan fingerprint density at radius 2 is 1.11 bits per heavy atom. The maximum absolute atomic E-state index is 13.5. The number of benzene rings is 2. The predicted molar refractivity (Wildman–Crippen MR) is 215 cm³/mol. The fourth-order valence-corrected chi connectivity index (χ4v) is 5.82. The Hall–Kier alpha value is -6.54. The van der Waals surface area contributed by atoms with Crippen LogP contribution in [0.5, 0.6) is 0 Å². The molecule has 14 nitrogen and oxygen atoms in total. The van der Waals surface area contributed by atoms with Crippen molar-refractivity contribution in [2.24, 2.45) is 11.8 Å². The minimum Gasteiger partial charge on any atom is -0.453 e. The van der Waals surface area contributed by atoms with E-state index in [9.17, 15) is 19.2 Å². The van der Waals surface area contributed by atoms with Gasteiger partial charge in [0.05, 0.1) is 49.4 Å². The Kier molecular flexibility index (Phi) is 15.2. The minimum atomic E-state index is -0.763. The summed E-state index contributed by atoms with van der Waals surface area (Å²) in [6.07, 6.45) is 3.28. The standard InChI is InChI=1S/C42H50N8O6/c1-9-11-21-49(39(51)37(27(3)4)47-41(53)55-7)25-35-43-31-19-17-29(23-33(31)45-35)15-13-14-16-30-18-20-32-34(24-30)46-36(44-32)26-50(22-12-10-2)40(52)38(28(5)6)48-42(54)56-8/h9-10,17-20,23-24,27-28,37-38H,1-2,11-12,21-22,25-26H2,3-8H3,(H,43,45)(H,44,46)(H,47,53)(H,48,54)/t37-,38-/m0/s1. The summed E-state index contributed by atoms with van der Waals surface area (Å²) < 4.78 is 9.46. The fraction of sp³-hybridized carbons (Fsp3) is 0.381. The third kappa shape index (κ3) is 11.5. The van der Waals surface area contributed by atoms with E-state index in [-0.39, 0.29) is 36.7 Å². The molecule has 2 atom stereocenters. The number of rotatable bonds is 16. The molecule has 0 bridgehead atoms. The van der Waals surface area contributed by atoms with E-state index < -0.39 is 24.3 Å². The molecule has 56 heavy (non-hydrogen) atoms. The van der Waals surface area contributed by atoms with Crippen molar-refractivity contribution in [2.45, 2.75) is 65.7 Å². The Morgan fingerprint density at radius 1 is 0.714 bits per heavy atom. The average Bonchev–Trinajstić information content (AvgIpc) is 3.79. The summed E-state index contributed by atoms with van der Waals surface area (Å²) in [7, 11) is 2.52. The van der Waals surface area contributed by atoms with Crippen LogP contribution in [0.4, 0.5) is 9.59 Å². The smallest absolute Gasteiger partial charge is 0.407 e. The van der Waals surface area contributed by atoms with Crippen molar-refractivity contribution in [3.05, 3.63) is 84.5 Å². The van der Waals surface area contributed by atoms with E-state index in [4.69, 9.17) is 9.47 Å². The first-order chi connectivity index (χ1) is 26.9. The number of carbonyl (C=O) groups is 4. The van der Waals surface area contributed by atoms with Gasteiger partial charge in [0.2, 0.25) is 11.8 Å². The molecule has 294 valence electrons. The molecule has 4 amide bonds. The summed E-state index contributed by atoms with van der Waals surface area (Å²) in [6, 6.07) is 9.65. The van der Waals surface area contributed by atoms with Crippen LogP contribution in [-0.4, -0.2) is 93.1 Å². The van der Waals surface area contributed by atoms with Gasteiger partial charge in [-0.3, -0.25) is 9.59 Å². The molecular formula is C42H50N8O6. The fourth-order valence-electron chi connectivity index (χ4n) is 5.82. The molecule has 2 aromatic heterocycles. The largest absolute Gasteiger partial charge is 0.453 e. The first kappa shape index (κ1) is 42.2. The third-order valence-corrected chi connectivity index (χ3v) is 8.83. The number of aromatic amines is 2. The molecule has 0 saturated heterocycles. The molecule has 0 fully saturated rings. The van der Waals surface area contributed by atoms with E-state index in [0.717, 1.165) is 33.2 Å². The van der Waals surface area contributed by atoms with Crippen molar-refractivity contribution in [3.63, 3.8) is 0 Å². The zero-order valence-electron chi connectivity index (χ0n) is 32.8. The highest BCUT2D eigenvalue weighted by atomic mass is 16.5. The number of aromatic nitrogens is 4. The quantitative estimate of drug-likeness (QED) is 0.0866. The number of ether oxygens (including phenoxy) is 2. The Bertz CT molecular complexity index is 2030. The van der Waals surface area contributed by atoms with Crippen molar-refractivity contribution in [3.8, 4) is 23.7 Å². The number of fused-ring (bicyclic) bond motifs is 2. The molecule has 14 heteroatoms. The minimum absolute atomic E-state index is 0.163. The highest BCUT2D eigenvalue weighted by Gasteiger charge is 2.30. The number of hydrogen-bond acceptors (Lipinski definition) is 8. The lowest BCUT2D eigenvalue weighted by Gasteiger charge is -2.28. The third-order valence-electron chi connectivity index (χ3n) is 8.83. The number of alkyl carbamates (subject to hydrolysis) is 2. The number of nitrogens with zero attached hydrogens (tertiary/aromatic N) is 4. The molecule has 0 unspecified atom stereocenters. The van der Waals surface area contributed by atoms with Gasteiger partial charge in [-0.15, -0.1) is 13.2 Å². The number of amides is 4. The van der Waals surface area contributed by atoms with Gasteiger partial charge in [-0.05, 0) is 72.9 Å². The van der Waals surface area contributed by atoms with E-state index in [2.05, 4.69) is 67.4 Å². The summed E-state index contributed by atoms with van der Waals surface area (Å²) in [4.78, 5) is 70.1. The van der Waals surface area contributed by atoms with Crippen LogP contribution in [0.1, 0.15) is 63.3 Å². The highest BCUT2D eigenvalue weighted by Crippen LogP contribution is 2.18. The van der Waals surface area contributed by atoms with Crippen LogP contribution >= 0.6 is 0 Å². The first-order valence-corrected chi connectivity index (χ1v) is 18.3. The van der Waals surface area contributed by atoms with Crippen LogP contribution in [0.3, 0.4) is 0 Å². The second-order valence-corrected chi connectivity index (χ2v) is 13.7. The molecule has 0 spiro atoms. The number of imidazole rings is 2. The number of nitrogens with one attached hydrogen (secondary N) is 4. The van der Waals surface area contributed by atoms with E-state index in [1.807, 2.05) is 64.1 Å². The van der Waals surface area contributed by atoms with Crippen LogP contribution in [0.2, 0.25) is 0 Å². The predicted octanol–water partition coefficient (Wildman–Crippen LogP) is 5.41. The number of hydrogen-bond donors (Lipinski definition) is 4. The lowest BCUT2D eigenvalue weighted by molar-refractivity contribution is -0.135. The second kappa shape index (κ2) is 20.2. The van der Waals surface area contributed by atoms with E-state index >= 15 is 0 Å². The van der Waals surface area contributed by atoms with Gasteiger partial charge in [0.15, 0.2) is 0 Å². The molecule has 4 N–H and O–H groups in total. The average molecular weight is 763 g/mol. The molecular weight excluding hydrogens is 713 g/mol. The van der Waals surface area contributed by atoms with Gasteiger partial charge in [0, 0.05) is 24.2 Å². The highest BCUT2D eigenvalue weighted by molar-refractivity contribution is 5.87. The van der Waals surface area contributed by atoms with Crippen LogP contribution in [0.25, 0.3) is 22.1 Å². The Morgan fingerprint density at radius 3 is 1.45 bits per heavy atom. The van der Waals surface area contributed by atoms with Crippen LogP contribution < -0.4 is 10.6 Å². The van der Waals surface area contributed by atoms with Crippen LogP contribution in [0.15, 0.2) is 61.7 Å². The van der Waals surface area contributed by atoms with Gasteiger partial charge in [-0.1, -0.05) is 51.7 Å². The van der Waals surface area contributed by atoms with Crippen molar-refractivity contribution < 1.29 is 28.7 Å². The lowest BCUT2D eigenvalue weighted by Crippen LogP contribution is -2.51. The maximum atomic E-state index is 13.5. The summed E-state index contributed by atoms with van der Waals surface area (Å²) in [5, 5.41) is 5.29. The van der Waals surface area contributed by atoms with Gasteiger partial charge in [-0.25, -0.2) is 19.6 Å². The first-order valence-electron chi connectivity index (χ1n) is 18.3. The monoisotopic (exact) mass is 762 g/mol. The molecule has 4 aromatic rings. The van der Waals surface area contributed by atoms with Crippen molar-refractivity contribution in [1.29, 1.82) is 0 Å². The molecule has 0 aliphatic heterocycles. The zero-order chi connectivity index (χ0) is 40.8. The van der Waals surface area contributed by atoms with Gasteiger partial charge >= 0.3 is 12.2 Å². The van der Waals surface area contributed by atoms with Gasteiger partial charge < -0.3 is 39.9 Å². The Balaban J connectivity index is 1.47. The summed E-state index contributed by atoms with van der Waals surface area (Å²) in [5.74, 6) is 12.4. The zero-order valence-corrected chi connectivity index (χ0v) is 32.8. The van der Waals surface area contributed by atoms with E-state index in [1.165, 1.54) is 14.2 Å². The molecule has 4 rings (SSSR count). The number of H-pyrrole nitrogens is 2. The van der Waals surface area contributed by atoms with Crippen LogP contribution in [-0.2, 0) is 32.2 Å². The van der Waals surface area contributed by atoms with E-state index in [1.54, 1.807) is 22.0 Å². The topological polar surface area (TPSA) is 175 Å². The number of methoxy groups -OCH3 is 2. The summed E-state index contributed by atoms with van der Waals surface area (Å²) >= 11 is 0. The molecule has 2 heterocycles. The van der Waals surface area contributed by atoms with E-state index in [0.29, 0.717) is 37.6 Å². The molecule has 0 saturated carbocycles. The molecule has 0 radical (unpaired) electrons. The van der Waals surface area contributed by atoms with Crippen molar-refractivity contribution in [1.82, 2.24) is 40.4 Å². The van der Waals surface area contributed by atoms with Gasteiger partial charge in [0.25, 0.3) is 0 Å². The van der Waals surface area contributed by atoms with Gasteiger partial charge in [0.1, 0.15) is 23.7 Å². The second-order valence-electron chi connectivity index (χ2n) is 13.7. The van der Waals surface area contributed by atoms with Crippen molar-refractivity contribution >= 4 is 46.1 Å². The van der Waals surface area contributed by atoms with Crippen LogP contribution in [0, 0.1) is 35.5 Å². The molecule has 2 aromatic carbocycles. The van der Waals surface area contributed by atoms with Crippen molar-refractivity contribution in [2.75, 3.05) is 27.3 Å². The lowest BCUT2D eigenvalue weighted by atomic mass is 10.0. The molecule has 0 aliphatic carbocycles. The maximum Gasteiger partial charge on any atom is 0.407 e. The number of carbonyl (C=O) groups excluding carboxylic acids is 4. The van der Waals surface area contributed by atoms with Gasteiger partial charge in [-0.2, -0.15) is 0 Å². The SMILES string of the molecule is C=CCCN(Cc1nc2ccc(C#CC#Cc3ccc4nc(CN(CCC=C)C(=O)[C@@H](NC(=O)OC)C(C)C)[nH]c4c3)cc2[nH]1)C(=O)[C@@H](NC(=O)OC)C(C)C. The summed E-state index contributed by atoms with van der Waals surface area (Å²) in [6.45, 7) is 16.2. The normalized spacial score (nSPS) is 11.8. The molecule has 0 aliphatic rings. The Labute approximate surface area is 327 Å². The summed E-state index contributed by atoms with van der Waals surface area (Å²) in [5.41, 5.74) is 4.42.